The third-order valence-corrected chi connectivity index (χ3v) is 5.89. The number of halogens is 2. The van der Waals surface area contributed by atoms with Crippen LogP contribution >= 0.6 is 23.2 Å². The normalized spacial score (nSPS) is 29.5. The predicted octanol–water partition coefficient (Wildman–Crippen LogP) is 5.36. The van der Waals surface area contributed by atoms with Crippen molar-refractivity contribution in [2.45, 2.75) is 31.3 Å². The maximum absolute atomic E-state index is 13.0. The first-order valence-corrected chi connectivity index (χ1v) is 9.20. The van der Waals surface area contributed by atoms with Crippen LogP contribution in [0.3, 0.4) is 0 Å². The second-order valence-corrected chi connectivity index (χ2v) is 7.64. The van der Waals surface area contributed by atoms with Gasteiger partial charge >= 0.3 is 0 Å². The average Bonchev–Trinajstić information content (AvgIpc) is 2.57. The van der Waals surface area contributed by atoms with E-state index >= 15 is 0 Å². The molecular weight excluding hydrogens is 341 g/mol. The number of hydrogen-bond acceptors (Lipinski definition) is 2. The van der Waals surface area contributed by atoms with E-state index in [0.717, 1.165) is 40.4 Å². The van der Waals surface area contributed by atoms with Crippen molar-refractivity contribution in [3.8, 4) is 0 Å². The number of hydrogen-bond donors (Lipinski definition) is 1. The van der Waals surface area contributed by atoms with Gasteiger partial charge in [0.1, 0.15) is 5.78 Å². The Balaban J connectivity index is 1.71. The molecule has 1 aliphatic heterocycles. The first-order chi connectivity index (χ1) is 11.6. The number of ketones is 1. The molecule has 2 nitrogen and oxygen atoms in total. The summed E-state index contributed by atoms with van der Waals surface area (Å²) in [6, 6.07) is 15.8. The molecule has 1 aliphatic carbocycles. The van der Waals surface area contributed by atoms with Gasteiger partial charge in [-0.3, -0.25) is 4.79 Å². The fourth-order valence-electron chi connectivity index (χ4n) is 4.20. The van der Waals surface area contributed by atoms with E-state index in [4.69, 9.17) is 23.2 Å². The molecule has 24 heavy (non-hydrogen) atoms. The quantitative estimate of drug-likeness (QED) is 0.781. The molecule has 1 saturated heterocycles. The summed E-state index contributed by atoms with van der Waals surface area (Å²) >= 11 is 12.0. The van der Waals surface area contributed by atoms with Crippen molar-refractivity contribution >= 4 is 29.0 Å². The Labute approximate surface area is 152 Å². The van der Waals surface area contributed by atoms with Crippen molar-refractivity contribution in [2.24, 2.45) is 11.8 Å². The van der Waals surface area contributed by atoms with Crippen molar-refractivity contribution in [1.29, 1.82) is 0 Å². The molecule has 2 bridgehead atoms. The maximum Gasteiger partial charge on any atom is 0.142 e. The Morgan fingerprint density at radius 2 is 1.17 bits per heavy atom. The number of benzene rings is 2. The number of rotatable bonds is 2. The lowest BCUT2D eigenvalue weighted by Crippen LogP contribution is -2.50. The van der Waals surface area contributed by atoms with E-state index in [1.54, 1.807) is 0 Å². The van der Waals surface area contributed by atoms with Crippen molar-refractivity contribution in [3.05, 3.63) is 69.7 Å². The van der Waals surface area contributed by atoms with Gasteiger partial charge in [0.05, 0.1) is 0 Å². The molecule has 1 saturated carbocycles. The van der Waals surface area contributed by atoms with Gasteiger partial charge in [0.25, 0.3) is 0 Å². The molecular formula is C20H19Cl2NO. The van der Waals surface area contributed by atoms with Gasteiger partial charge in [0.15, 0.2) is 0 Å². The van der Waals surface area contributed by atoms with Crippen LogP contribution in [0.2, 0.25) is 10.0 Å². The number of carbonyl (C=O) groups excluding carboxylic acids is 1. The lowest BCUT2D eigenvalue weighted by Gasteiger charge is -2.45. The lowest BCUT2D eigenvalue weighted by atomic mass is 9.67. The summed E-state index contributed by atoms with van der Waals surface area (Å²) in [5, 5.41) is 5.19. The van der Waals surface area contributed by atoms with E-state index in [-0.39, 0.29) is 23.9 Å². The van der Waals surface area contributed by atoms with Crippen LogP contribution < -0.4 is 5.32 Å². The standard InChI is InChI=1S/C20H19Cl2NO/c21-14-8-4-12(5-9-14)18-16-2-1-3-17(20(16)24)19(23-18)13-6-10-15(22)11-7-13/h4-11,16-19,23H,1-3H2/t16-,17-,18-,19+/m1/s1. The van der Waals surface area contributed by atoms with Gasteiger partial charge in [-0.25, -0.2) is 0 Å². The number of nitrogens with one attached hydrogen (secondary N) is 1. The summed E-state index contributed by atoms with van der Waals surface area (Å²) in [5.74, 6) is 0.529. The Bertz CT molecular complexity index is 680. The van der Waals surface area contributed by atoms with E-state index in [9.17, 15) is 4.79 Å². The topological polar surface area (TPSA) is 29.1 Å². The van der Waals surface area contributed by atoms with E-state index in [0.29, 0.717) is 5.78 Å². The molecule has 2 aromatic rings. The highest BCUT2D eigenvalue weighted by atomic mass is 35.5. The zero-order valence-corrected chi connectivity index (χ0v) is 14.7. The highest BCUT2D eigenvalue weighted by Crippen LogP contribution is 2.45. The maximum atomic E-state index is 13.0. The second-order valence-electron chi connectivity index (χ2n) is 6.77. The van der Waals surface area contributed by atoms with Crippen LogP contribution in [0.5, 0.6) is 0 Å². The molecule has 4 heteroatoms. The molecule has 1 heterocycles. The van der Waals surface area contributed by atoms with Crippen LogP contribution in [0, 0.1) is 11.8 Å². The minimum absolute atomic E-state index is 0.0481. The molecule has 0 amide bonds. The molecule has 2 fully saturated rings. The van der Waals surface area contributed by atoms with Crippen molar-refractivity contribution in [2.75, 3.05) is 0 Å². The van der Waals surface area contributed by atoms with Gasteiger partial charge in [-0.15, -0.1) is 0 Å². The van der Waals surface area contributed by atoms with Gasteiger partial charge in [0.2, 0.25) is 0 Å². The largest absolute Gasteiger partial charge is 0.302 e. The molecule has 1 N–H and O–H groups in total. The van der Waals surface area contributed by atoms with E-state index in [1.165, 1.54) is 0 Å². The molecule has 124 valence electrons. The monoisotopic (exact) mass is 359 g/mol. The smallest absolute Gasteiger partial charge is 0.142 e. The molecule has 0 aromatic heterocycles. The molecule has 0 unspecified atom stereocenters. The molecule has 0 radical (unpaired) electrons. The number of fused-ring (bicyclic) bond motifs is 2. The molecule has 2 aliphatic rings. The highest BCUT2D eigenvalue weighted by Gasteiger charge is 2.46. The third kappa shape index (κ3) is 2.88. The summed E-state index contributed by atoms with van der Waals surface area (Å²) in [4.78, 5) is 13.0. The summed E-state index contributed by atoms with van der Waals surface area (Å²) < 4.78 is 0. The van der Waals surface area contributed by atoms with Crippen LogP contribution in [0.4, 0.5) is 0 Å². The summed E-state index contributed by atoms with van der Waals surface area (Å²) in [7, 11) is 0. The van der Waals surface area contributed by atoms with Crippen molar-refractivity contribution < 1.29 is 4.79 Å². The summed E-state index contributed by atoms with van der Waals surface area (Å²) in [6.45, 7) is 0. The van der Waals surface area contributed by atoms with Gasteiger partial charge < -0.3 is 5.32 Å². The van der Waals surface area contributed by atoms with Crippen molar-refractivity contribution in [3.63, 3.8) is 0 Å². The van der Waals surface area contributed by atoms with E-state index in [2.05, 4.69) is 5.32 Å². The Kier molecular flexibility index (Phi) is 4.38. The van der Waals surface area contributed by atoms with Crippen LogP contribution in [-0.4, -0.2) is 5.78 Å². The SMILES string of the molecule is O=C1[C@@H]2CCC[C@@H]1[C@H](c1ccc(Cl)cc1)N[C@@H]2c1ccc(Cl)cc1. The molecule has 2 aromatic carbocycles. The van der Waals surface area contributed by atoms with Gasteiger partial charge in [-0.2, -0.15) is 0 Å². The Morgan fingerprint density at radius 1 is 0.750 bits per heavy atom. The van der Waals surface area contributed by atoms with Gasteiger partial charge in [0, 0.05) is 34.0 Å². The van der Waals surface area contributed by atoms with Crippen LogP contribution in [0.15, 0.2) is 48.5 Å². The molecule has 4 rings (SSSR count). The van der Waals surface area contributed by atoms with E-state index in [1.807, 2.05) is 48.5 Å². The Hall–Kier alpha value is -1.35. The van der Waals surface area contributed by atoms with Crippen LogP contribution in [-0.2, 0) is 4.79 Å². The first-order valence-electron chi connectivity index (χ1n) is 8.44. The van der Waals surface area contributed by atoms with Crippen LogP contribution in [0.25, 0.3) is 0 Å². The summed E-state index contributed by atoms with van der Waals surface area (Å²) in [5.41, 5.74) is 2.27. The minimum atomic E-state index is 0.0481. The van der Waals surface area contributed by atoms with Crippen LogP contribution in [0.1, 0.15) is 42.5 Å². The zero-order valence-electron chi connectivity index (χ0n) is 13.2. The average molecular weight is 360 g/mol. The zero-order chi connectivity index (χ0) is 16.7. The predicted molar refractivity (Wildman–Crippen MR) is 97.4 cm³/mol. The summed E-state index contributed by atoms with van der Waals surface area (Å²) in [6.07, 6.45) is 3.03. The fraction of sp³-hybridized carbons (Fsp3) is 0.350. The number of piperidine rings is 1. The minimum Gasteiger partial charge on any atom is -0.302 e. The molecule has 4 atom stereocenters. The fourth-order valence-corrected chi connectivity index (χ4v) is 4.45. The highest BCUT2D eigenvalue weighted by molar-refractivity contribution is 6.30. The first kappa shape index (κ1) is 16.1. The lowest BCUT2D eigenvalue weighted by molar-refractivity contribution is -0.135. The van der Waals surface area contributed by atoms with E-state index < -0.39 is 0 Å². The third-order valence-electron chi connectivity index (χ3n) is 5.38. The van der Waals surface area contributed by atoms with Gasteiger partial charge in [-0.05, 0) is 48.2 Å². The van der Waals surface area contributed by atoms with Crippen molar-refractivity contribution in [1.82, 2.24) is 5.32 Å². The number of carbonyl (C=O) groups is 1. The number of Topliss-reactive ketones (excluding diaryl/α,β-unsaturated/α-hetero) is 1. The second kappa shape index (κ2) is 6.51. The molecule has 0 spiro atoms. The van der Waals surface area contributed by atoms with Gasteiger partial charge in [-0.1, -0.05) is 53.9 Å². The Morgan fingerprint density at radius 3 is 1.58 bits per heavy atom.